The third-order valence-electron chi connectivity index (χ3n) is 3.90. The number of fused-ring (bicyclic) bond motifs is 1. The number of nitro groups is 1. The van der Waals surface area contributed by atoms with Crippen LogP contribution in [0.5, 0.6) is 0 Å². The maximum absolute atomic E-state index is 12.7. The first-order valence-electron chi connectivity index (χ1n) is 8.02. The molecule has 0 atom stereocenters. The molecule has 1 N–H and O–H groups in total. The minimum Gasteiger partial charge on any atom is -0.506 e. The molecule has 8 heteroatoms. The van der Waals surface area contributed by atoms with Crippen molar-refractivity contribution < 1.29 is 24.4 Å². The van der Waals surface area contributed by atoms with Crippen LogP contribution in [0.1, 0.15) is 22.8 Å². The zero-order valence-corrected chi connectivity index (χ0v) is 14.2. The molecule has 0 saturated heterocycles. The number of hydrogen-bond acceptors (Lipinski definition) is 7. The number of para-hydroxylation sites is 1. The van der Waals surface area contributed by atoms with Gasteiger partial charge >= 0.3 is 5.97 Å². The quantitative estimate of drug-likeness (QED) is 0.285. The number of rotatable bonds is 5. The summed E-state index contributed by atoms with van der Waals surface area (Å²) in [6.07, 6.45) is 0. The van der Waals surface area contributed by atoms with E-state index in [1.54, 1.807) is 31.2 Å². The van der Waals surface area contributed by atoms with E-state index in [2.05, 4.69) is 4.99 Å². The number of aliphatic hydroxyl groups is 1. The Morgan fingerprint density at radius 1 is 1.19 bits per heavy atom. The number of carbonyl (C=O) groups is 2. The Bertz CT molecular complexity index is 1010. The molecule has 0 aromatic heterocycles. The number of non-ortho nitro benzene ring substituents is 1. The molecule has 0 aliphatic carbocycles. The molecule has 136 valence electrons. The molecule has 2 aromatic carbocycles. The number of benzene rings is 2. The number of aliphatic imine (C=N–C) groups is 1. The number of nitrogens with zero attached hydrogens (tertiary/aromatic N) is 2. The molecule has 1 aliphatic heterocycles. The Kier molecular flexibility index (Phi) is 4.80. The first-order valence-corrected chi connectivity index (χ1v) is 8.02. The van der Waals surface area contributed by atoms with Crippen LogP contribution in [0.2, 0.25) is 0 Å². The van der Waals surface area contributed by atoms with Crippen LogP contribution in [-0.4, -0.2) is 34.1 Å². The van der Waals surface area contributed by atoms with Crippen molar-refractivity contribution in [2.45, 2.75) is 6.92 Å². The van der Waals surface area contributed by atoms with Crippen molar-refractivity contribution in [3.05, 3.63) is 75.3 Å². The number of aliphatic hydroxyl groups excluding tert-OH is 1. The molecule has 0 unspecified atom stereocenters. The van der Waals surface area contributed by atoms with Gasteiger partial charge < -0.3 is 9.84 Å². The molecule has 8 nitrogen and oxygen atoms in total. The first kappa shape index (κ1) is 18.0. The Morgan fingerprint density at radius 2 is 1.85 bits per heavy atom. The topological polar surface area (TPSA) is 119 Å². The summed E-state index contributed by atoms with van der Waals surface area (Å²) in [5.74, 6) is -1.96. The highest BCUT2D eigenvalue weighted by Crippen LogP contribution is 2.31. The molecule has 27 heavy (non-hydrogen) atoms. The van der Waals surface area contributed by atoms with Crippen LogP contribution in [0, 0.1) is 10.1 Å². The van der Waals surface area contributed by atoms with Crippen LogP contribution in [0.25, 0.3) is 5.76 Å². The van der Waals surface area contributed by atoms with Crippen LogP contribution in [0.3, 0.4) is 0 Å². The fourth-order valence-corrected chi connectivity index (χ4v) is 2.63. The highest BCUT2D eigenvalue weighted by molar-refractivity contribution is 6.59. The van der Waals surface area contributed by atoms with Crippen molar-refractivity contribution in [3.8, 4) is 0 Å². The number of nitro benzene ring substituents is 1. The second kappa shape index (κ2) is 7.20. The van der Waals surface area contributed by atoms with Gasteiger partial charge in [-0.05, 0) is 31.2 Å². The number of ether oxygens (including phenoxy) is 1. The minimum atomic E-state index is -0.909. The molecule has 1 aliphatic rings. The molecule has 2 aromatic rings. The second-order valence-electron chi connectivity index (χ2n) is 5.55. The third-order valence-corrected chi connectivity index (χ3v) is 3.90. The van der Waals surface area contributed by atoms with Gasteiger partial charge in [0, 0.05) is 23.3 Å². The van der Waals surface area contributed by atoms with Gasteiger partial charge in [0.2, 0.25) is 5.78 Å². The van der Waals surface area contributed by atoms with Gasteiger partial charge in [-0.1, -0.05) is 12.1 Å². The highest BCUT2D eigenvalue weighted by atomic mass is 16.6. The summed E-state index contributed by atoms with van der Waals surface area (Å²) in [4.78, 5) is 39.5. The van der Waals surface area contributed by atoms with Crippen LogP contribution >= 0.6 is 0 Å². The Hall–Kier alpha value is -3.81. The van der Waals surface area contributed by atoms with E-state index in [9.17, 15) is 24.8 Å². The summed E-state index contributed by atoms with van der Waals surface area (Å²) < 4.78 is 4.97. The Morgan fingerprint density at radius 3 is 2.44 bits per heavy atom. The number of hydrogen-bond donors (Lipinski definition) is 1. The molecule has 1 heterocycles. The van der Waals surface area contributed by atoms with Gasteiger partial charge in [-0.3, -0.25) is 14.9 Å². The number of esters is 1. The van der Waals surface area contributed by atoms with Crippen LogP contribution < -0.4 is 0 Å². The second-order valence-corrected chi connectivity index (χ2v) is 5.55. The zero-order valence-electron chi connectivity index (χ0n) is 14.2. The van der Waals surface area contributed by atoms with Gasteiger partial charge in [-0.2, -0.15) is 0 Å². The Labute approximate surface area is 153 Å². The molecule has 0 saturated carbocycles. The standard InChI is InChI=1S/C19H14N2O6/c1-2-27-19(24)15(16-18(23)13-5-3-4-6-14(13)20-16)17(22)11-7-9-12(10-8-11)21(25)26/h3-10,22H,2H2,1H3/b17-15+. The van der Waals surface area contributed by atoms with Crippen molar-refractivity contribution >= 4 is 34.6 Å². The smallest absolute Gasteiger partial charge is 0.344 e. The average Bonchev–Trinajstić information content (AvgIpc) is 2.99. The van der Waals surface area contributed by atoms with E-state index in [1.165, 1.54) is 24.3 Å². The summed E-state index contributed by atoms with van der Waals surface area (Å²) in [6, 6.07) is 11.5. The van der Waals surface area contributed by atoms with E-state index in [-0.39, 0.29) is 29.1 Å². The maximum Gasteiger partial charge on any atom is 0.344 e. The van der Waals surface area contributed by atoms with E-state index in [4.69, 9.17) is 4.74 Å². The molecule has 3 rings (SSSR count). The SMILES string of the molecule is CCOC(=O)/C(C1=Nc2ccccc2C1=O)=C(/O)c1ccc([N+](=O)[O-])cc1. The lowest BCUT2D eigenvalue weighted by molar-refractivity contribution is -0.384. The summed E-state index contributed by atoms with van der Waals surface area (Å²) in [6.45, 7) is 1.62. The minimum absolute atomic E-state index is 0.0320. The van der Waals surface area contributed by atoms with E-state index >= 15 is 0 Å². The van der Waals surface area contributed by atoms with E-state index < -0.39 is 22.4 Å². The van der Waals surface area contributed by atoms with Crippen LogP contribution in [-0.2, 0) is 9.53 Å². The fraction of sp³-hybridized carbons (Fsp3) is 0.105. The molecule has 0 radical (unpaired) electrons. The van der Waals surface area contributed by atoms with E-state index in [0.717, 1.165) is 0 Å². The number of Topliss-reactive ketones (excluding diaryl/α,β-unsaturated/α-hetero) is 1. The van der Waals surface area contributed by atoms with Crippen LogP contribution in [0.15, 0.2) is 59.1 Å². The van der Waals surface area contributed by atoms with Crippen molar-refractivity contribution in [2.75, 3.05) is 6.61 Å². The molecule has 0 bridgehead atoms. The molecule has 0 fully saturated rings. The van der Waals surface area contributed by atoms with Crippen molar-refractivity contribution in [3.63, 3.8) is 0 Å². The molecular weight excluding hydrogens is 352 g/mol. The predicted molar refractivity (Wildman–Crippen MR) is 97.1 cm³/mol. The molecular formula is C19H14N2O6. The van der Waals surface area contributed by atoms with Crippen molar-refractivity contribution in [2.24, 2.45) is 4.99 Å². The van der Waals surface area contributed by atoms with Gasteiger partial charge in [-0.25, -0.2) is 9.79 Å². The third kappa shape index (κ3) is 3.32. The average molecular weight is 366 g/mol. The van der Waals surface area contributed by atoms with E-state index in [1.807, 2.05) is 0 Å². The summed E-state index contributed by atoms with van der Waals surface area (Å²) >= 11 is 0. The number of ketones is 1. The lowest BCUT2D eigenvalue weighted by Crippen LogP contribution is -2.22. The molecule has 0 spiro atoms. The summed E-state index contributed by atoms with van der Waals surface area (Å²) in [5, 5.41) is 21.4. The van der Waals surface area contributed by atoms with E-state index in [0.29, 0.717) is 11.3 Å². The first-order chi connectivity index (χ1) is 12.9. The van der Waals surface area contributed by atoms with Gasteiger partial charge in [-0.15, -0.1) is 0 Å². The summed E-state index contributed by atoms with van der Waals surface area (Å²) in [7, 11) is 0. The van der Waals surface area contributed by atoms with Crippen LogP contribution in [0.4, 0.5) is 11.4 Å². The maximum atomic E-state index is 12.7. The monoisotopic (exact) mass is 366 g/mol. The lowest BCUT2D eigenvalue weighted by atomic mass is 9.99. The predicted octanol–water partition coefficient (Wildman–Crippen LogP) is 3.40. The lowest BCUT2D eigenvalue weighted by Gasteiger charge is -2.10. The van der Waals surface area contributed by atoms with Gasteiger partial charge in [0.05, 0.1) is 17.2 Å². The highest BCUT2D eigenvalue weighted by Gasteiger charge is 2.34. The zero-order chi connectivity index (χ0) is 19.6. The molecule has 0 amide bonds. The normalized spacial score (nSPS) is 13.5. The number of carbonyl (C=O) groups excluding carboxylic acids is 2. The van der Waals surface area contributed by atoms with Crippen molar-refractivity contribution in [1.29, 1.82) is 0 Å². The van der Waals surface area contributed by atoms with Gasteiger partial charge in [0.15, 0.2) is 0 Å². The van der Waals surface area contributed by atoms with Gasteiger partial charge in [0.1, 0.15) is 17.0 Å². The Balaban J connectivity index is 2.12. The van der Waals surface area contributed by atoms with Gasteiger partial charge in [0.25, 0.3) is 5.69 Å². The fourth-order valence-electron chi connectivity index (χ4n) is 2.63. The summed E-state index contributed by atoms with van der Waals surface area (Å²) in [5.41, 5.74) is 0.0278. The largest absolute Gasteiger partial charge is 0.506 e. The van der Waals surface area contributed by atoms with Crippen molar-refractivity contribution in [1.82, 2.24) is 0 Å².